The maximum absolute atomic E-state index is 12.4. The number of nitrogens with one attached hydrogen (secondary N) is 1. The lowest BCUT2D eigenvalue weighted by atomic mass is 10.3. The van der Waals surface area contributed by atoms with Crippen LogP contribution in [-0.4, -0.2) is 22.6 Å². The lowest BCUT2D eigenvalue weighted by Crippen LogP contribution is -2.13. The molecule has 0 heterocycles. The van der Waals surface area contributed by atoms with E-state index in [0.29, 0.717) is 22.2 Å². The van der Waals surface area contributed by atoms with Gasteiger partial charge in [-0.3, -0.25) is 4.72 Å². The smallest absolute Gasteiger partial charge is 0.263 e. The monoisotopic (exact) mass is 361 g/mol. The highest BCUT2D eigenvalue weighted by molar-refractivity contribution is 7.92. The average molecular weight is 362 g/mol. The minimum Gasteiger partial charge on any atom is -0.497 e. The quantitative estimate of drug-likeness (QED) is 0.879. The first kappa shape index (κ1) is 16.7. The SMILES string of the molecule is COc1cc(NS(=O)(=O)c2ccc(Cl)cc2Cl)cc(OC)c1. The number of halogens is 2. The predicted octanol–water partition coefficient (Wildman–Crippen LogP) is 3.81. The van der Waals surface area contributed by atoms with Crippen LogP contribution in [0.15, 0.2) is 41.3 Å². The molecule has 0 spiro atoms. The Hall–Kier alpha value is -1.63. The van der Waals surface area contributed by atoms with E-state index in [1.807, 2.05) is 0 Å². The van der Waals surface area contributed by atoms with Crippen LogP contribution in [0.4, 0.5) is 5.69 Å². The molecule has 2 aromatic carbocycles. The summed E-state index contributed by atoms with van der Waals surface area (Å²) in [4.78, 5) is -0.0691. The van der Waals surface area contributed by atoms with Crippen LogP contribution in [0.1, 0.15) is 0 Å². The van der Waals surface area contributed by atoms with Gasteiger partial charge in [0.15, 0.2) is 0 Å². The Balaban J connectivity index is 2.40. The van der Waals surface area contributed by atoms with Crippen LogP contribution in [0.3, 0.4) is 0 Å². The predicted molar refractivity (Wildman–Crippen MR) is 86.8 cm³/mol. The molecule has 0 radical (unpaired) electrons. The molecule has 0 aromatic heterocycles. The Morgan fingerprint density at radius 2 is 1.55 bits per heavy atom. The number of hydrogen-bond donors (Lipinski definition) is 1. The number of benzene rings is 2. The second-order valence-corrected chi connectivity index (χ2v) is 6.78. The van der Waals surface area contributed by atoms with Gasteiger partial charge in [0.05, 0.1) is 24.9 Å². The number of anilines is 1. The van der Waals surface area contributed by atoms with E-state index in [-0.39, 0.29) is 9.92 Å². The fourth-order valence-electron chi connectivity index (χ4n) is 1.77. The van der Waals surface area contributed by atoms with Gasteiger partial charge in [-0.25, -0.2) is 8.42 Å². The fraction of sp³-hybridized carbons (Fsp3) is 0.143. The van der Waals surface area contributed by atoms with Gasteiger partial charge in [0.2, 0.25) is 0 Å². The van der Waals surface area contributed by atoms with Gasteiger partial charge in [-0.2, -0.15) is 0 Å². The topological polar surface area (TPSA) is 64.6 Å². The lowest BCUT2D eigenvalue weighted by Gasteiger charge is -2.12. The molecule has 0 saturated carbocycles. The molecule has 0 unspecified atom stereocenters. The Labute approximate surface area is 138 Å². The summed E-state index contributed by atoms with van der Waals surface area (Å²) < 4.78 is 37.5. The van der Waals surface area contributed by atoms with E-state index in [2.05, 4.69) is 4.72 Å². The molecule has 8 heteroatoms. The van der Waals surface area contributed by atoms with Crippen molar-refractivity contribution in [3.63, 3.8) is 0 Å². The van der Waals surface area contributed by atoms with Crippen molar-refractivity contribution in [3.8, 4) is 11.5 Å². The summed E-state index contributed by atoms with van der Waals surface area (Å²) in [5.41, 5.74) is 0.294. The highest BCUT2D eigenvalue weighted by Gasteiger charge is 2.19. The zero-order valence-corrected chi connectivity index (χ0v) is 14.1. The molecule has 5 nitrogen and oxygen atoms in total. The Bertz CT molecular complexity index is 771. The van der Waals surface area contributed by atoms with E-state index in [9.17, 15) is 8.42 Å². The van der Waals surface area contributed by atoms with Crippen LogP contribution in [0, 0.1) is 0 Å². The van der Waals surface area contributed by atoms with Crippen molar-refractivity contribution in [1.29, 1.82) is 0 Å². The van der Waals surface area contributed by atoms with Crippen molar-refractivity contribution in [2.45, 2.75) is 4.90 Å². The molecule has 0 aliphatic heterocycles. The van der Waals surface area contributed by atoms with Crippen molar-refractivity contribution >= 4 is 38.9 Å². The molecular weight excluding hydrogens is 349 g/mol. The van der Waals surface area contributed by atoms with E-state index in [4.69, 9.17) is 32.7 Å². The van der Waals surface area contributed by atoms with Gasteiger partial charge in [0.25, 0.3) is 10.0 Å². The molecule has 0 aliphatic carbocycles. The van der Waals surface area contributed by atoms with Crippen molar-refractivity contribution in [1.82, 2.24) is 0 Å². The molecule has 2 rings (SSSR count). The average Bonchev–Trinajstić information content (AvgIpc) is 2.45. The first-order valence-corrected chi connectivity index (χ1v) is 8.30. The van der Waals surface area contributed by atoms with Gasteiger partial charge in [0, 0.05) is 23.2 Å². The van der Waals surface area contributed by atoms with E-state index in [1.54, 1.807) is 6.07 Å². The minimum atomic E-state index is -3.86. The van der Waals surface area contributed by atoms with Crippen LogP contribution in [0.5, 0.6) is 11.5 Å². The van der Waals surface area contributed by atoms with E-state index >= 15 is 0 Å². The minimum absolute atomic E-state index is 0.0369. The molecule has 1 N–H and O–H groups in total. The second-order valence-electron chi connectivity index (χ2n) is 4.28. The Morgan fingerprint density at radius 1 is 0.955 bits per heavy atom. The molecule has 0 atom stereocenters. The van der Waals surface area contributed by atoms with E-state index in [0.717, 1.165) is 0 Å². The van der Waals surface area contributed by atoms with Crippen LogP contribution in [-0.2, 0) is 10.0 Å². The Morgan fingerprint density at radius 3 is 2.05 bits per heavy atom. The summed E-state index contributed by atoms with van der Waals surface area (Å²) in [6, 6.07) is 8.85. The standard InChI is InChI=1S/C14H13Cl2NO4S/c1-20-11-6-10(7-12(8-11)21-2)17-22(18,19)14-4-3-9(15)5-13(14)16/h3-8,17H,1-2H3. The molecule has 0 saturated heterocycles. The first-order chi connectivity index (χ1) is 10.4. The van der Waals surface area contributed by atoms with Crippen molar-refractivity contribution in [2.24, 2.45) is 0 Å². The van der Waals surface area contributed by atoms with Gasteiger partial charge in [-0.15, -0.1) is 0 Å². The van der Waals surface area contributed by atoms with E-state index < -0.39 is 10.0 Å². The molecule has 0 amide bonds. The second kappa shape index (κ2) is 6.64. The van der Waals surface area contributed by atoms with Gasteiger partial charge < -0.3 is 9.47 Å². The fourth-order valence-corrected chi connectivity index (χ4v) is 3.58. The first-order valence-electron chi connectivity index (χ1n) is 6.06. The Kier molecular flexibility index (Phi) is 5.05. The van der Waals surface area contributed by atoms with Gasteiger partial charge in [0.1, 0.15) is 16.4 Å². The third-order valence-electron chi connectivity index (χ3n) is 2.79. The van der Waals surface area contributed by atoms with Crippen molar-refractivity contribution in [2.75, 3.05) is 18.9 Å². The number of methoxy groups -OCH3 is 2. The number of rotatable bonds is 5. The molecular formula is C14H13Cl2NO4S. The normalized spacial score (nSPS) is 11.1. The lowest BCUT2D eigenvalue weighted by molar-refractivity contribution is 0.395. The number of ether oxygens (including phenoxy) is 2. The largest absolute Gasteiger partial charge is 0.497 e. The third kappa shape index (κ3) is 3.76. The van der Waals surface area contributed by atoms with Crippen LogP contribution in [0.2, 0.25) is 10.0 Å². The van der Waals surface area contributed by atoms with Crippen molar-refractivity contribution < 1.29 is 17.9 Å². The summed E-state index contributed by atoms with van der Waals surface area (Å²) >= 11 is 11.7. The summed E-state index contributed by atoms with van der Waals surface area (Å²) in [7, 11) is -0.912. The van der Waals surface area contributed by atoms with Gasteiger partial charge in [-0.05, 0) is 18.2 Å². The summed E-state index contributed by atoms with van der Waals surface area (Å²) in [5, 5.41) is 0.391. The number of hydrogen-bond acceptors (Lipinski definition) is 4. The van der Waals surface area contributed by atoms with Gasteiger partial charge >= 0.3 is 0 Å². The zero-order chi connectivity index (χ0) is 16.3. The summed E-state index contributed by atoms with van der Waals surface area (Å²) in [5.74, 6) is 0.915. The maximum Gasteiger partial charge on any atom is 0.263 e. The third-order valence-corrected chi connectivity index (χ3v) is 4.89. The molecule has 2 aromatic rings. The zero-order valence-electron chi connectivity index (χ0n) is 11.8. The van der Waals surface area contributed by atoms with Crippen LogP contribution >= 0.6 is 23.2 Å². The molecule has 0 bridgehead atoms. The van der Waals surface area contributed by atoms with Crippen LogP contribution in [0.25, 0.3) is 0 Å². The maximum atomic E-state index is 12.4. The van der Waals surface area contributed by atoms with E-state index in [1.165, 1.54) is 44.6 Å². The number of sulfonamides is 1. The highest BCUT2D eigenvalue weighted by Crippen LogP contribution is 2.30. The molecule has 118 valence electrons. The summed E-state index contributed by atoms with van der Waals surface area (Å²) in [6.07, 6.45) is 0. The molecule has 0 fully saturated rings. The molecule has 0 aliphatic rings. The summed E-state index contributed by atoms with van der Waals surface area (Å²) in [6.45, 7) is 0. The highest BCUT2D eigenvalue weighted by atomic mass is 35.5. The van der Waals surface area contributed by atoms with Gasteiger partial charge in [-0.1, -0.05) is 23.2 Å². The van der Waals surface area contributed by atoms with Crippen molar-refractivity contribution in [3.05, 3.63) is 46.4 Å². The van der Waals surface area contributed by atoms with Crippen LogP contribution < -0.4 is 14.2 Å². The molecule has 22 heavy (non-hydrogen) atoms.